The van der Waals surface area contributed by atoms with E-state index in [1.54, 1.807) is 0 Å². The van der Waals surface area contributed by atoms with Gasteiger partial charge in [-0.15, -0.1) is 0 Å². The second kappa shape index (κ2) is 5.11. The van der Waals surface area contributed by atoms with Crippen LogP contribution in [0.3, 0.4) is 0 Å². The Kier molecular flexibility index (Phi) is 3.06. The minimum Gasteiger partial charge on any atom is -0.456 e. The van der Waals surface area contributed by atoms with E-state index in [9.17, 15) is 4.79 Å². The minimum absolute atomic E-state index is 0.0887. The average molecular weight is 304 g/mol. The molecule has 1 aliphatic carbocycles. The van der Waals surface area contributed by atoms with Crippen molar-refractivity contribution < 1.29 is 9.21 Å². The highest BCUT2D eigenvalue weighted by Gasteiger charge is 2.25. The van der Waals surface area contributed by atoms with Gasteiger partial charge < -0.3 is 15.9 Å². The number of hydrogen-bond acceptors (Lipinski definition) is 3. The maximum Gasteiger partial charge on any atom is 0.219 e. The Bertz CT molecular complexity index is 1000. The van der Waals surface area contributed by atoms with Gasteiger partial charge in [0.05, 0.1) is 0 Å². The molecule has 114 valence electrons. The number of fused-ring (bicyclic) bond motifs is 4. The van der Waals surface area contributed by atoms with E-state index in [-0.39, 0.29) is 6.42 Å². The number of nitrogens with two attached hydrogens (primary N) is 2. The smallest absolute Gasteiger partial charge is 0.219 e. The first-order valence-electron chi connectivity index (χ1n) is 7.52. The Morgan fingerprint density at radius 2 is 1.74 bits per heavy atom. The summed E-state index contributed by atoms with van der Waals surface area (Å²) in [6.45, 7) is 0. The molecule has 1 unspecified atom stereocenters. The van der Waals surface area contributed by atoms with Gasteiger partial charge in [0.1, 0.15) is 11.3 Å². The monoisotopic (exact) mass is 304 g/mol. The first-order valence-corrected chi connectivity index (χ1v) is 7.52. The molecule has 0 bridgehead atoms. The summed E-state index contributed by atoms with van der Waals surface area (Å²) in [5, 5.41) is 3.12. The topological polar surface area (TPSA) is 82.2 Å². The average Bonchev–Trinajstić information content (AvgIpc) is 2.85. The molecular weight excluding hydrogens is 288 g/mol. The number of benzene rings is 2. The van der Waals surface area contributed by atoms with Crippen molar-refractivity contribution in [1.29, 1.82) is 0 Å². The predicted molar refractivity (Wildman–Crippen MR) is 91.1 cm³/mol. The van der Waals surface area contributed by atoms with Crippen molar-refractivity contribution >= 4 is 27.6 Å². The van der Waals surface area contributed by atoms with E-state index in [1.165, 1.54) is 0 Å². The lowest BCUT2D eigenvalue weighted by Gasteiger charge is -2.11. The van der Waals surface area contributed by atoms with Gasteiger partial charge in [0, 0.05) is 29.0 Å². The molecule has 4 heteroatoms. The highest BCUT2D eigenvalue weighted by Crippen LogP contribution is 2.44. The van der Waals surface area contributed by atoms with Crippen molar-refractivity contribution in [2.24, 2.45) is 11.5 Å². The van der Waals surface area contributed by atoms with Gasteiger partial charge in [0.15, 0.2) is 0 Å². The predicted octanol–water partition coefficient (Wildman–Crippen LogP) is 3.57. The number of hydrogen-bond donors (Lipinski definition) is 2. The van der Waals surface area contributed by atoms with Crippen molar-refractivity contribution in [2.45, 2.75) is 12.5 Å². The van der Waals surface area contributed by atoms with Gasteiger partial charge >= 0.3 is 0 Å². The van der Waals surface area contributed by atoms with E-state index >= 15 is 0 Å². The lowest BCUT2D eigenvalue weighted by molar-refractivity contribution is -0.118. The van der Waals surface area contributed by atoms with Gasteiger partial charge in [-0.05, 0) is 22.9 Å². The molecule has 4 rings (SSSR count). The van der Waals surface area contributed by atoms with Crippen LogP contribution in [-0.4, -0.2) is 5.91 Å². The quantitative estimate of drug-likeness (QED) is 0.607. The highest BCUT2D eigenvalue weighted by molar-refractivity contribution is 6.06. The number of para-hydroxylation sites is 1. The van der Waals surface area contributed by atoms with Crippen molar-refractivity contribution in [3.63, 3.8) is 0 Å². The van der Waals surface area contributed by atoms with Crippen LogP contribution in [0.15, 0.2) is 59.0 Å². The molecule has 1 atom stereocenters. The second-order valence-electron chi connectivity index (χ2n) is 5.76. The second-order valence-corrected chi connectivity index (χ2v) is 5.76. The summed E-state index contributed by atoms with van der Waals surface area (Å²) in [6.07, 6.45) is 0.0887. The molecular formula is C19H16N2O2. The molecule has 1 aliphatic heterocycles. The number of amides is 1. The third-order valence-electron chi connectivity index (χ3n) is 4.22. The summed E-state index contributed by atoms with van der Waals surface area (Å²) in [5.74, 6) is 0.315. The van der Waals surface area contributed by atoms with E-state index in [0.29, 0.717) is 0 Å². The summed E-state index contributed by atoms with van der Waals surface area (Å²) in [4.78, 5) is 11.3. The van der Waals surface area contributed by atoms with Crippen LogP contribution in [0.1, 0.15) is 18.0 Å². The fourth-order valence-electron chi connectivity index (χ4n) is 3.24. The molecule has 4 N–H and O–H groups in total. The molecule has 23 heavy (non-hydrogen) atoms. The largest absolute Gasteiger partial charge is 0.456 e. The van der Waals surface area contributed by atoms with Gasteiger partial charge in [-0.3, -0.25) is 4.79 Å². The number of carbonyl (C=O) groups is 1. The summed E-state index contributed by atoms with van der Waals surface area (Å²) in [5.41, 5.74) is 14.2. The fourth-order valence-corrected chi connectivity index (χ4v) is 3.24. The normalized spacial score (nSPS) is 12.9. The van der Waals surface area contributed by atoms with Gasteiger partial charge in [-0.1, -0.05) is 42.5 Å². The summed E-state index contributed by atoms with van der Waals surface area (Å²) >= 11 is 0. The lowest BCUT2D eigenvalue weighted by atomic mass is 10.0. The molecule has 2 aromatic carbocycles. The van der Waals surface area contributed by atoms with E-state index in [1.807, 2.05) is 48.5 Å². The van der Waals surface area contributed by atoms with Crippen LogP contribution >= 0.6 is 0 Å². The zero-order chi connectivity index (χ0) is 16.0. The summed E-state index contributed by atoms with van der Waals surface area (Å²) in [6, 6.07) is 17.5. The van der Waals surface area contributed by atoms with E-state index in [4.69, 9.17) is 15.9 Å². The Hall–Kier alpha value is -2.85. The van der Waals surface area contributed by atoms with Gasteiger partial charge in [-0.2, -0.15) is 0 Å². The molecule has 0 aromatic heterocycles. The Morgan fingerprint density at radius 3 is 2.52 bits per heavy atom. The maximum atomic E-state index is 11.3. The minimum atomic E-state index is -0.486. The molecule has 0 saturated heterocycles. The summed E-state index contributed by atoms with van der Waals surface area (Å²) < 4.78 is 6.13. The van der Waals surface area contributed by atoms with Crippen LogP contribution in [0.4, 0.5) is 0 Å². The molecule has 4 nitrogen and oxygen atoms in total. The summed E-state index contributed by atoms with van der Waals surface area (Å²) in [7, 11) is 0. The van der Waals surface area contributed by atoms with Gasteiger partial charge in [0.25, 0.3) is 0 Å². The number of primary amides is 1. The van der Waals surface area contributed by atoms with Crippen LogP contribution in [0.5, 0.6) is 0 Å². The van der Waals surface area contributed by atoms with Crippen molar-refractivity contribution in [2.75, 3.05) is 0 Å². The van der Waals surface area contributed by atoms with Crippen LogP contribution in [0.25, 0.3) is 33.1 Å². The fraction of sp³-hybridized carbons (Fsp3) is 0.105. The molecule has 2 aromatic rings. The van der Waals surface area contributed by atoms with Crippen LogP contribution in [0, 0.1) is 0 Å². The molecule has 1 amide bonds. The maximum absolute atomic E-state index is 11.3. The number of carbonyl (C=O) groups excluding carboxylic acids is 1. The van der Waals surface area contributed by atoms with Crippen LogP contribution < -0.4 is 11.5 Å². The van der Waals surface area contributed by atoms with Gasteiger partial charge in [-0.25, -0.2) is 0 Å². The number of rotatable bonds is 3. The van der Waals surface area contributed by atoms with E-state index < -0.39 is 11.9 Å². The van der Waals surface area contributed by atoms with Crippen molar-refractivity contribution in [3.8, 4) is 11.3 Å². The van der Waals surface area contributed by atoms with E-state index in [0.717, 1.165) is 38.6 Å². The molecule has 1 heterocycles. The Morgan fingerprint density at radius 1 is 1.04 bits per heavy atom. The van der Waals surface area contributed by atoms with Crippen molar-refractivity contribution in [3.05, 3.63) is 60.2 Å². The molecule has 0 saturated carbocycles. The highest BCUT2D eigenvalue weighted by atomic mass is 16.3. The molecule has 0 radical (unpaired) electrons. The first-order chi connectivity index (χ1) is 11.1. The van der Waals surface area contributed by atoms with E-state index in [2.05, 4.69) is 6.07 Å². The van der Waals surface area contributed by atoms with Crippen LogP contribution in [0.2, 0.25) is 0 Å². The molecule has 0 fully saturated rings. The Labute approximate surface area is 133 Å². The van der Waals surface area contributed by atoms with Crippen molar-refractivity contribution in [1.82, 2.24) is 0 Å². The zero-order valence-electron chi connectivity index (χ0n) is 12.5. The third kappa shape index (κ3) is 2.15. The van der Waals surface area contributed by atoms with Crippen LogP contribution in [-0.2, 0) is 4.79 Å². The lowest BCUT2D eigenvalue weighted by Crippen LogP contribution is -2.20. The zero-order valence-corrected chi connectivity index (χ0v) is 12.5. The molecule has 2 aliphatic rings. The Balaban J connectivity index is 2.09. The molecule has 0 spiro atoms. The first kappa shape index (κ1) is 13.8. The third-order valence-corrected chi connectivity index (χ3v) is 4.22. The standard InChI is InChI=1S/C19H16N2O2/c20-15(10-17(21)22)18-13-7-3-2-6-12(13)14-9-11-5-1-4-8-16(11)23-19(14)18/h1-9,15H,10,20H2,(H2,21,22). The van der Waals surface area contributed by atoms with Gasteiger partial charge in [0.2, 0.25) is 5.91 Å². The SMILES string of the molecule is NC(=O)CC(N)c1c2oc3ccccc3cc-2c2ccccc12.